The average Bonchev–Trinajstić information content (AvgIpc) is 3.06. The lowest BCUT2D eigenvalue weighted by Gasteiger charge is -2.20. The number of carbonyl (C=O) groups excluding carboxylic acids is 1. The molecule has 144 valence electrons. The third-order valence-corrected chi connectivity index (χ3v) is 7.05. The Bertz CT molecular complexity index is 942. The number of nitrogens with one attached hydrogen (secondary N) is 1. The molecule has 0 bridgehead atoms. The van der Waals surface area contributed by atoms with Crippen LogP contribution in [0.2, 0.25) is 0 Å². The maximum absolute atomic E-state index is 13.0. The molecule has 3 rings (SSSR count). The van der Waals surface area contributed by atoms with Gasteiger partial charge in [0, 0.05) is 22.6 Å². The molecule has 0 saturated carbocycles. The Labute approximate surface area is 169 Å². The molecule has 1 amide bonds. The lowest BCUT2D eigenvalue weighted by Crippen LogP contribution is -2.32. The summed E-state index contributed by atoms with van der Waals surface area (Å²) in [5, 5.41) is 2.99. The maximum atomic E-state index is 13.0. The minimum Gasteiger partial charge on any atom is -0.350 e. The summed E-state index contributed by atoms with van der Waals surface area (Å²) in [6, 6.07) is 12.0. The quantitative estimate of drug-likeness (QED) is 0.719. The number of anilines is 1. The third-order valence-electron chi connectivity index (χ3n) is 4.70. The molecule has 1 aliphatic heterocycles. The van der Waals surface area contributed by atoms with Crippen molar-refractivity contribution >= 4 is 37.5 Å². The highest BCUT2D eigenvalue weighted by molar-refractivity contribution is 9.10. The van der Waals surface area contributed by atoms with Crippen molar-refractivity contribution in [3.8, 4) is 0 Å². The van der Waals surface area contributed by atoms with Gasteiger partial charge in [0.25, 0.3) is 15.9 Å². The van der Waals surface area contributed by atoms with Gasteiger partial charge in [0.05, 0.1) is 10.6 Å². The minimum atomic E-state index is -3.62. The molecule has 0 radical (unpaired) electrons. The van der Waals surface area contributed by atoms with Gasteiger partial charge >= 0.3 is 0 Å². The molecule has 1 atom stereocenters. The van der Waals surface area contributed by atoms with Gasteiger partial charge in [-0.2, -0.15) is 0 Å². The second-order valence-corrected chi connectivity index (χ2v) is 9.57. The number of fused-ring (bicyclic) bond motifs is 1. The van der Waals surface area contributed by atoms with Crippen molar-refractivity contribution in [2.24, 2.45) is 0 Å². The smallest absolute Gasteiger partial charge is 0.264 e. The summed E-state index contributed by atoms with van der Waals surface area (Å²) in [5.41, 5.74) is 2.10. The van der Waals surface area contributed by atoms with Crippen molar-refractivity contribution in [1.29, 1.82) is 0 Å². The molecule has 1 unspecified atom stereocenters. The van der Waals surface area contributed by atoms with Gasteiger partial charge in [0.15, 0.2) is 0 Å². The first-order chi connectivity index (χ1) is 12.8. The van der Waals surface area contributed by atoms with Crippen LogP contribution in [0.15, 0.2) is 51.8 Å². The number of carbonyl (C=O) groups is 1. The van der Waals surface area contributed by atoms with Gasteiger partial charge in [0.1, 0.15) is 0 Å². The number of halogens is 1. The molecule has 1 heterocycles. The molecule has 2 aromatic rings. The third kappa shape index (κ3) is 4.19. The molecule has 1 aliphatic rings. The zero-order valence-corrected chi connectivity index (χ0v) is 17.8. The van der Waals surface area contributed by atoms with Crippen molar-refractivity contribution in [2.45, 2.75) is 44.0 Å². The van der Waals surface area contributed by atoms with Gasteiger partial charge in [-0.05, 0) is 67.8 Å². The summed E-state index contributed by atoms with van der Waals surface area (Å²) in [4.78, 5) is 12.7. The van der Waals surface area contributed by atoms with Crippen LogP contribution in [0.25, 0.3) is 0 Å². The van der Waals surface area contributed by atoms with E-state index in [1.54, 1.807) is 42.5 Å². The molecule has 27 heavy (non-hydrogen) atoms. The van der Waals surface area contributed by atoms with E-state index < -0.39 is 10.0 Å². The van der Waals surface area contributed by atoms with E-state index in [2.05, 4.69) is 28.2 Å². The second-order valence-electron chi connectivity index (χ2n) is 6.79. The molecule has 0 aliphatic carbocycles. The molecule has 1 N–H and O–H groups in total. The van der Waals surface area contributed by atoms with Crippen LogP contribution in [0.5, 0.6) is 0 Å². The van der Waals surface area contributed by atoms with Gasteiger partial charge in [-0.25, -0.2) is 8.42 Å². The topological polar surface area (TPSA) is 66.5 Å². The summed E-state index contributed by atoms with van der Waals surface area (Å²) in [7, 11) is -3.62. The van der Waals surface area contributed by atoms with Crippen molar-refractivity contribution < 1.29 is 13.2 Å². The van der Waals surface area contributed by atoms with Gasteiger partial charge in [-0.1, -0.05) is 29.3 Å². The second kappa shape index (κ2) is 8.02. The number of sulfonamides is 1. The number of amides is 1. The van der Waals surface area contributed by atoms with Crippen LogP contribution in [-0.4, -0.2) is 26.9 Å². The first-order valence-electron chi connectivity index (χ1n) is 9.05. The molecule has 0 spiro atoms. The number of nitrogens with zero attached hydrogens (tertiary/aromatic N) is 1. The lowest BCUT2D eigenvalue weighted by atomic mass is 10.1. The number of hydrogen-bond donors (Lipinski definition) is 1. The normalized spacial score (nSPS) is 14.7. The fourth-order valence-corrected chi connectivity index (χ4v) is 5.08. The first-order valence-corrected chi connectivity index (χ1v) is 11.3. The zero-order chi connectivity index (χ0) is 19.6. The minimum absolute atomic E-state index is 0.116. The van der Waals surface area contributed by atoms with Crippen molar-refractivity contribution in [2.75, 3.05) is 10.8 Å². The Balaban J connectivity index is 1.84. The molecule has 0 aromatic heterocycles. The van der Waals surface area contributed by atoms with E-state index in [9.17, 15) is 13.2 Å². The Morgan fingerprint density at radius 2 is 1.93 bits per heavy atom. The Hall–Kier alpha value is -1.86. The summed E-state index contributed by atoms with van der Waals surface area (Å²) < 4.78 is 28.2. The fraction of sp³-hybridized carbons (Fsp3) is 0.350. The summed E-state index contributed by atoms with van der Waals surface area (Å²) in [6.45, 7) is 4.45. The van der Waals surface area contributed by atoms with Gasteiger partial charge in [0.2, 0.25) is 0 Å². The Morgan fingerprint density at radius 1 is 1.22 bits per heavy atom. The SMILES string of the molecule is CCCC(C)NC(=O)c1ccc2c(c1)CCN2S(=O)(=O)c1ccc(Br)cc1. The fourth-order valence-electron chi connectivity index (χ4n) is 3.31. The summed E-state index contributed by atoms with van der Waals surface area (Å²) in [5.74, 6) is -0.118. The van der Waals surface area contributed by atoms with E-state index in [1.807, 2.05) is 6.92 Å². The van der Waals surface area contributed by atoms with E-state index >= 15 is 0 Å². The van der Waals surface area contributed by atoms with Crippen molar-refractivity contribution in [3.05, 3.63) is 58.1 Å². The largest absolute Gasteiger partial charge is 0.350 e. The lowest BCUT2D eigenvalue weighted by molar-refractivity contribution is 0.0938. The predicted octanol–water partition coefficient (Wildman–Crippen LogP) is 4.12. The molecule has 5 nitrogen and oxygen atoms in total. The molecule has 7 heteroatoms. The van der Waals surface area contributed by atoms with Gasteiger partial charge < -0.3 is 5.32 Å². The highest BCUT2D eigenvalue weighted by Gasteiger charge is 2.31. The highest BCUT2D eigenvalue weighted by Crippen LogP contribution is 2.33. The first kappa shape index (κ1) is 19.9. The zero-order valence-electron chi connectivity index (χ0n) is 15.4. The van der Waals surface area contributed by atoms with E-state index in [4.69, 9.17) is 0 Å². The van der Waals surface area contributed by atoms with Crippen molar-refractivity contribution in [3.63, 3.8) is 0 Å². The van der Waals surface area contributed by atoms with Gasteiger partial charge in [-0.15, -0.1) is 0 Å². The molecular weight excluding hydrogens is 428 g/mol. The van der Waals surface area contributed by atoms with E-state index in [0.29, 0.717) is 24.2 Å². The summed E-state index contributed by atoms with van der Waals surface area (Å²) >= 11 is 3.32. The van der Waals surface area contributed by atoms with Crippen LogP contribution in [-0.2, 0) is 16.4 Å². The number of benzene rings is 2. The maximum Gasteiger partial charge on any atom is 0.264 e. The average molecular weight is 451 g/mol. The van der Waals surface area contributed by atoms with Crippen molar-refractivity contribution in [1.82, 2.24) is 5.32 Å². The van der Waals surface area contributed by atoms with E-state index in [-0.39, 0.29) is 16.8 Å². The molecular formula is C20H23BrN2O3S. The predicted molar refractivity (Wildman–Crippen MR) is 111 cm³/mol. The van der Waals surface area contributed by atoms with Crippen LogP contribution in [0.1, 0.15) is 42.6 Å². The summed E-state index contributed by atoms with van der Waals surface area (Å²) in [6.07, 6.45) is 2.53. The Morgan fingerprint density at radius 3 is 2.59 bits per heavy atom. The highest BCUT2D eigenvalue weighted by atomic mass is 79.9. The van der Waals surface area contributed by atoms with E-state index in [1.165, 1.54) is 4.31 Å². The van der Waals surface area contributed by atoms with Crippen LogP contribution in [0.3, 0.4) is 0 Å². The Kier molecular flexibility index (Phi) is 5.91. The molecule has 0 fully saturated rings. The van der Waals surface area contributed by atoms with Crippen LogP contribution < -0.4 is 9.62 Å². The number of rotatable bonds is 6. The molecule has 2 aromatic carbocycles. The van der Waals surface area contributed by atoms with Gasteiger partial charge in [-0.3, -0.25) is 9.10 Å². The van der Waals surface area contributed by atoms with Crippen LogP contribution in [0.4, 0.5) is 5.69 Å². The number of hydrogen-bond acceptors (Lipinski definition) is 3. The van der Waals surface area contributed by atoms with E-state index in [0.717, 1.165) is 22.9 Å². The van der Waals surface area contributed by atoms with Crippen LogP contribution in [0, 0.1) is 0 Å². The monoisotopic (exact) mass is 450 g/mol. The standard InChI is InChI=1S/C20H23BrN2O3S/c1-3-4-14(2)22-20(24)16-5-10-19-15(13-16)11-12-23(19)27(25,26)18-8-6-17(21)7-9-18/h5-10,13-14H,3-4,11-12H2,1-2H3,(H,22,24). The molecule has 0 saturated heterocycles. The van der Waals surface area contributed by atoms with Crippen LogP contribution >= 0.6 is 15.9 Å².